The topological polar surface area (TPSA) is 94.5 Å². The molecule has 0 aromatic heterocycles. The van der Waals surface area contributed by atoms with Gasteiger partial charge in [-0.2, -0.15) is 0 Å². The van der Waals surface area contributed by atoms with Crippen LogP contribution in [-0.2, 0) is 14.3 Å². The summed E-state index contributed by atoms with van der Waals surface area (Å²) in [7, 11) is 0. The standard InChI is InChI=1S/C40H47ClO7/c1-5-6-7-8-30-9-11-31(12-10-30)32-13-15-33(16-14-32)38-18-17-34(21-39(38)41)35-19-36(46-25-45-29(4)27(2)23-42)22-37(20-35)47-26-48-40(44)28(3)24-43/h13-22,30-31,42-43H,2-12,23-26H2,1H3. The first-order valence-corrected chi connectivity index (χ1v) is 17.0. The fourth-order valence-corrected chi connectivity index (χ4v) is 6.20. The molecule has 0 amide bonds. The molecule has 2 N–H and O–H groups in total. The first kappa shape index (κ1) is 36.8. The van der Waals surface area contributed by atoms with Crippen LogP contribution in [0.2, 0.25) is 5.02 Å². The summed E-state index contributed by atoms with van der Waals surface area (Å²) in [4.78, 5) is 11.9. The molecule has 0 unspecified atom stereocenters. The monoisotopic (exact) mass is 674 g/mol. The van der Waals surface area contributed by atoms with Crippen LogP contribution in [0.1, 0.15) is 69.8 Å². The molecule has 48 heavy (non-hydrogen) atoms. The molecule has 0 atom stereocenters. The number of rotatable bonds is 18. The van der Waals surface area contributed by atoms with Crippen molar-refractivity contribution in [3.05, 3.63) is 108 Å². The maximum atomic E-state index is 11.9. The first-order chi connectivity index (χ1) is 23.2. The zero-order valence-electron chi connectivity index (χ0n) is 27.8. The molecule has 1 aliphatic rings. The summed E-state index contributed by atoms with van der Waals surface area (Å²) in [6, 6.07) is 19.9. The van der Waals surface area contributed by atoms with Crippen molar-refractivity contribution in [3.63, 3.8) is 0 Å². The van der Waals surface area contributed by atoms with Crippen LogP contribution >= 0.6 is 11.6 Å². The fraction of sp³-hybridized carbons (Fsp3) is 0.375. The number of unbranched alkanes of at least 4 members (excludes halogenated alkanes) is 2. The van der Waals surface area contributed by atoms with Gasteiger partial charge in [-0.15, -0.1) is 0 Å². The minimum atomic E-state index is -0.762. The Morgan fingerprint density at radius 3 is 2.00 bits per heavy atom. The van der Waals surface area contributed by atoms with Gasteiger partial charge >= 0.3 is 5.97 Å². The molecule has 3 aromatic rings. The van der Waals surface area contributed by atoms with E-state index in [-0.39, 0.29) is 24.7 Å². The van der Waals surface area contributed by atoms with Crippen molar-refractivity contribution in [2.45, 2.75) is 64.2 Å². The van der Waals surface area contributed by atoms with Crippen LogP contribution in [0.3, 0.4) is 0 Å². The molecular formula is C40H47ClO7. The lowest BCUT2D eigenvalue weighted by molar-refractivity contribution is -0.145. The highest BCUT2D eigenvalue weighted by molar-refractivity contribution is 6.33. The molecule has 7 nitrogen and oxygen atoms in total. The highest BCUT2D eigenvalue weighted by Gasteiger charge is 2.22. The van der Waals surface area contributed by atoms with Crippen molar-refractivity contribution in [2.75, 3.05) is 26.8 Å². The van der Waals surface area contributed by atoms with E-state index in [4.69, 9.17) is 35.7 Å². The molecule has 256 valence electrons. The van der Waals surface area contributed by atoms with E-state index in [0.717, 1.165) is 28.2 Å². The molecule has 0 saturated heterocycles. The summed E-state index contributed by atoms with van der Waals surface area (Å²) >= 11 is 6.87. The molecule has 0 aliphatic heterocycles. The Kier molecular flexibility index (Phi) is 14.2. The summed E-state index contributed by atoms with van der Waals surface area (Å²) in [5.41, 5.74) is 5.20. The predicted molar refractivity (Wildman–Crippen MR) is 191 cm³/mol. The number of benzene rings is 3. The minimum Gasteiger partial charge on any atom is -0.458 e. The fourth-order valence-electron chi connectivity index (χ4n) is 5.91. The number of carbonyl (C=O) groups excluding carboxylic acids is 1. The van der Waals surface area contributed by atoms with Gasteiger partial charge in [0, 0.05) is 22.2 Å². The van der Waals surface area contributed by atoms with Crippen molar-refractivity contribution in [1.29, 1.82) is 0 Å². The summed E-state index contributed by atoms with van der Waals surface area (Å²) < 4.78 is 22.0. The maximum absolute atomic E-state index is 11.9. The van der Waals surface area contributed by atoms with Gasteiger partial charge in [0.1, 0.15) is 17.3 Å². The second-order valence-electron chi connectivity index (χ2n) is 12.3. The Bertz CT molecular complexity index is 1500. The summed E-state index contributed by atoms with van der Waals surface area (Å²) in [6.07, 6.45) is 10.6. The Morgan fingerprint density at radius 1 is 0.771 bits per heavy atom. The molecule has 1 fully saturated rings. The molecule has 8 heteroatoms. The van der Waals surface area contributed by atoms with Gasteiger partial charge in [-0.1, -0.05) is 100 Å². The molecule has 3 aromatic carbocycles. The minimum absolute atomic E-state index is 0.0807. The smallest absolute Gasteiger partial charge is 0.338 e. The molecule has 0 spiro atoms. The number of halogens is 1. The van der Waals surface area contributed by atoms with Crippen molar-refractivity contribution in [3.8, 4) is 33.8 Å². The maximum Gasteiger partial charge on any atom is 0.338 e. The Balaban J connectivity index is 1.47. The molecule has 1 aliphatic carbocycles. The number of hydrogen-bond acceptors (Lipinski definition) is 7. The molecule has 4 rings (SSSR count). The third kappa shape index (κ3) is 10.5. The molecule has 0 heterocycles. The zero-order valence-corrected chi connectivity index (χ0v) is 28.6. The van der Waals surface area contributed by atoms with Crippen LogP contribution < -0.4 is 9.47 Å². The van der Waals surface area contributed by atoms with Crippen LogP contribution in [0.4, 0.5) is 0 Å². The number of aliphatic hydroxyl groups is 2. The quantitative estimate of drug-likeness (QED) is 0.0347. The average molecular weight is 675 g/mol. The van der Waals surface area contributed by atoms with Crippen molar-refractivity contribution in [1.82, 2.24) is 0 Å². The highest BCUT2D eigenvalue weighted by Crippen LogP contribution is 2.40. The highest BCUT2D eigenvalue weighted by atomic mass is 35.5. The van der Waals surface area contributed by atoms with E-state index in [2.05, 4.69) is 50.9 Å². The lowest BCUT2D eigenvalue weighted by Gasteiger charge is -2.29. The van der Waals surface area contributed by atoms with Gasteiger partial charge in [0.2, 0.25) is 13.6 Å². The van der Waals surface area contributed by atoms with Gasteiger partial charge in [-0.05, 0) is 78.0 Å². The second-order valence-corrected chi connectivity index (χ2v) is 12.7. The summed E-state index contributed by atoms with van der Waals surface area (Å²) in [5.74, 6) is 1.72. The third-order valence-corrected chi connectivity index (χ3v) is 9.19. The Hall–Kier alpha value is -4.04. The summed E-state index contributed by atoms with van der Waals surface area (Å²) in [5, 5.41) is 18.9. The normalized spacial score (nSPS) is 15.8. The van der Waals surface area contributed by atoms with Crippen LogP contribution in [-0.4, -0.2) is 43.0 Å². The largest absolute Gasteiger partial charge is 0.458 e. The van der Waals surface area contributed by atoms with E-state index < -0.39 is 19.4 Å². The first-order valence-electron chi connectivity index (χ1n) is 16.6. The van der Waals surface area contributed by atoms with Gasteiger partial charge in [-0.25, -0.2) is 4.79 Å². The molecule has 1 saturated carbocycles. The van der Waals surface area contributed by atoms with Crippen LogP contribution in [0.5, 0.6) is 11.5 Å². The van der Waals surface area contributed by atoms with Crippen LogP contribution in [0.15, 0.2) is 97.3 Å². The van der Waals surface area contributed by atoms with Gasteiger partial charge in [0.15, 0.2) is 0 Å². The van der Waals surface area contributed by atoms with Crippen LogP contribution in [0.25, 0.3) is 22.3 Å². The van der Waals surface area contributed by atoms with E-state index in [1.165, 1.54) is 56.9 Å². The third-order valence-electron chi connectivity index (χ3n) is 8.88. The van der Waals surface area contributed by atoms with E-state index in [0.29, 0.717) is 28.0 Å². The van der Waals surface area contributed by atoms with Gasteiger partial charge in [0.05, 0.1) is 18.8 Å². The Labute approximate surface area is 289 Å². The zero-order chi connectivity index (χ0) is 34.5. The SMILES string of the molecule is C=C(CO)C(=C)OCOc1cc(OCOC(=O)C(=C)CO)cc(-c2ccc(-c3ccc(C4CCC(CCCCC)CC4)cc3)c(Cl)c2)c1. The van der Waals surface area contributed by atoms with Gasteiger partial charge < -0.3 is 29.2 Å². The lowest BCUT2D eigenvalue weighted by atomic mass is 9.77. The van der Waals surface area contributed by atoms with Gasteiger partial charge in [0.25, 0.3) is 0 Å². The molecule has 0 bridgehead atoms. The van der Waals surface area contributed by atoms with Gasteiger partial charge in [-0.3, -0.25) is 0 Å². The van der Waals surface area contributed by atoms with E-state index in [1.807, 2.05) is 18.2 Å². The van der Waals surface area contributed by atoms with E-state index >= 15 is 0 Å². The number of esters is 1. The molecule has 0 radical (unpaired) electrons. The molecular weight excluding hydrogens is 628 g/mol. The average Bonchev–Trinajstić information content (AvgIpc) is 3.11. The number of ether oxygens (including phenoxy) is 4. The number of hydrogen-bond donors (Lipinski definition) is 2. The van der Waals surface area contributed by atoms with Crippen LogP contribution in [0, 0.1) is 5.92 Å². The van der Waals surface area contributed by atoms with E-state index in [1.54, 1.807) is 18.2 Å². The Morgan fingerprint density at radius 2 is 1.40 bits per heavy atom. The predicted octanol–water partition coefficient (Wildman–Crippen LogP) is 9.37. The number of aliphatic hydroxyl groups excluding tert-OH is 2. The number of carbonyl (C=O) groups is 1. The second kappa shape index (κ2) is 18.5. The van der Waals surface area contributed by atoms with E-state index in [9.17, 15) is 9.90 Å². The van der Waals surface area contributed by atoms with Crippen molar-refractivity contribution < 1.29 is 34.0 Å². The van der Waals surface area contributed by atoms with Crippen molar-refractivity contribution in [2.24, 2.45) is 5.92 Å². The van der Waals surface area contributed by atoms with Crippen molar-refractivity contribution >= 4 is 17.6 Å². The lowest BCUT2D eigenvalue weighted by Crippen LogP contribution is -2.14. The summed E-state index contributed by atoms with van der Waals surface area (Å²) in [6.45, 7) is 11.7.